The number of rotatable bonds is 8. The topological polar surface area (TPSA) is 58.6 Å². The minimum Gasteiger partial charge on any atom is -0.484 e. The highest BCUT2D eigenvalue weighted by Gasteiger charge is 2.29. The van der Waals surface area contributed by atoms with Gasteiger partial charge >= 0.3 is 0 Å². The molecule has 32 heavy (non-hydrogen) atoms. The van der Waals surface area contributed by atoms with E-state index in [0.717, 1.165) is 46.8 Å². The van der Waals surface area contributed by atoms with Crippen molar-refractivity contribution in [3.05, 3.63) is 62.6 Å². The average Bonchev–Trinajstić information content (AvgIpc) is 3.27. The van der Waals surface area contributed by atoms with E-state index in [4.69, 9.17) is 16.3 Å². The van der Waals surface area contributed by atoms with Crippen molar-refractivity contribution in [3.63, 3.8) is 0 Å². The molecule has 0 heterocycles. The summed E-state index contributed by atoms with van der Waals surface area (Å²) in [5, 5.41) is 3.66. The van der Waals surface area contributed by atoms with E-state index in [1.54, 1.807) is 17.9 Å². The number of amides is 2. The van der Waals surface area contributed by atoms with Crippen molar-refractivity contribution in [1.29, 1.82) is 0 Å². The van der Waals surface area contributed by atoms with E-state index in [-0.39, 0.29) is 31.0 Å². The second kappa shape index (κ2) is 11.2. The number of halogens is 2. The molecule has 1 saturated carbocycles. The number of carbonyl (C=O) groups is 2. The van der Waals surface area contributed by atoms with Crippen molar-refractivity contribution < 1.29 is 14.3 Å². The highest BCUT2D eigenvalue weighted by molar-refractivity contribution is 9.10. The Morgan fingerprint density at radius 2 is 1.81 bits per heavy atom. The van der Waals surface area contributed by atoms with Crippen molar-refractivity contribution >= 4 is 39.3 Å². The van der Waals surface area contributed by atoms with Gasteiger partial charge in [-0.15, -0.1) is 0 Å². The molecule has 0 radical (unpaired) electrons. The second-order valence-corrected chi connectivity index (χ2v) is 9.64. The molecule has 0 aromatic heterocycles. The molecule has 1 atom stereocenters. The molecule has 0 spiro atoms. The summed E-state index contributed by atoms with van der Waals surface area (Å²) in [6.45, 7) is 5.79. The van der Waals surface area contributed by atoms with E-state index in [0.29, 0.717) is 10.8 Å². The standard InChI is InChI=1S/C25H30BrClN2O3/c1-16-12-21(13-17(2)24(16)26)32-15-23(30)29(14-19-8-4-7-11-22(19)27)18(3)25(31)28-20-9-5-6-10-20/h4,7-8,11-13,18,20H,5-6,9-10,14-15H2,1-3H3,(H,28,31)/t18-/m1/s1. The van der Waals surface area contributed by atoms with Gasteiger partial charge in [-0.1, -0.05) is 58.6 Å². The third kappa shape index (κ3) is 6.26. The fourth-order valence-corrected chi connectivity index (χ4v) is 4.43. The summed E-state index contributed by atoms with van der Waals surface area (Å²) in [6.07, 6.45) is 4.23. The molecule has 0 unspecified atom stereocenters. The molecule has 1 fully saturated rings. The van der Waals surface area contributed by atoms with Gasteiger partial charge in [-0.05, 0) is 68.5 Å². The fourth-order valence-electron chi connectivity index (χ4n) is 4.00. The molecular weight excluding hydrogens is 492 g/mol. The highest BCUT2D eigenvalue weighted by Crippen LogP contribution is 2.26. The largest absolute Gasteiger partial charge is 0.484 e. The van der Waals surface area contributed by atoms with Crippen molar-refractivity contribution in [1.82, 2.24) is 10.2 Å². The van der Waals surface area contributed by atoms with Gasteiger partial charge in [0.05, 0.1) is 0 Å². The monoisotopic (exact) mass is 520 g/mol. The van der Waals surface area contributed by atoms with Crippen LogP contribution >= 0.6 is 27.5 Å². The first-order valence-corrected chi connectivity index (χ1v) is 12.2. The number of nitrogens with one attached hydrogen (secondary N) is 1. The van der Waals surface area contributed by atoms with Crippen molar-refractivity contribution in [3.8, 4) is 5.75 Å². The molecule has 2 amide bonds. The SMILES string of the molecule is Cc1cc(OCC(=O)N(Cc2ccccc2Cl)[C@H](C)C(=O)NC2CCCC2)cc(C)c1Br. The summed E-state index contributed by atoms with van der Waals surface area (Å²) in [7, 11) is 0. The average molecular weight is 522 g/mol. The van der Waals surface area contributed by atoms with Gasteiger partial charge in [-0.2, -0.15) is 0 Å². The van der Waals surface area contributed by atoms with Crippen molar-refractivity contribution in [2.24, 2.45) is 0 Å². The lowest BCUT2D eigenvalue weighted by atomic mass is 10.1. The number of carbonyl (C=O) groups excluding carboxylic acids is 2. The first-order chi connectivity index (χ1) is 15.3. The van der Waals surface area contributed by atoms with E-state index < -0.39 is 6.04 Å². The number of nitrogens with zero attached hydrogens (tertiary/aromatic N) is 1. The predicted octanol–water partition coefficient (Wildman–Crippen LogP) is 5.57. The molecule has 7 heteroatoms. The third-order valence-corrected chi connectivity index (χ3v) is 7.56. The maximum atomic E-state index is 13.2. The Kier molecular flexibility index (Phi) is 8.60. The van der Waals surface area contributed by atoms with Gasteiger partial charge in [0.2, 0.25) is 5.91 Å². The zero-order valence-electron chi connectivity index (χ0n) is 18.8. The first kappa shape index (κ1) is 24.6. The summed E-state index contributed by atoms with van der Waals surface area (Å²) >= 11 is 9.89. The molecule has 1 aliphatic carbocycles. The summed E-state index contributed by atoms with van der Waals surface area (Å²) < 4.78 is 6.84. The summed E-state index contributed by atoms with van der Waals surface area (Å²) in [5.41, 5.74) is 2.85. The smallest absolute Gasteiger partial charge is 0.261 e. The molecule has 172 valence electrons. The normalized spacial score (nSPS) is 14.8. The van der Waals surface area contributed by atoms with Crippen LogP contribution in [0.3, 0.4) is 0 Å². The van der Waals surface area contributed by atoms with Crippen LogP contribution < -0.4 is 10.1 Å². The predicted molar refractivity (Wildman–Crippen MR) is 131 cm³/mol. The maximum Gasteiger partial charge on any atom is 0.261 e. The number of hydrogen-bond acceptors (Lipinski definition) is 3. The van der Waals surface area contributed by atoms with Crippen LogP contribution in [-0.2, 0) is 16.1 Å². The van der Waals surface area contributed by atoms with E-state index in [2.05, 4.69) is 21.2 Å². The number of ether oxygens (including phenoxy) is 1. The molecule has 3 rings (SSSR count). The molecular formula is C25H30BrClN2O3. The highest BCUT2D eigenvalue weighted by atomic mass is 79.9. The zero-order chi connectivity index (χ0) is 23.3. The van der Waals surface area contributed by atoms with Crippen LogP contribution in [0.1, 0.15) is 49.3 Å². The van der Waals surface area contributed by atoms with Crippen LogP contribution in [0.25, 0.3) is 0 Å². The molecule has 0 saturated heterocycles. The Balaban J connectivity index is 1.75. The molecule has 1 aliphatic rings. The molecule has 2 aromatic rings. The van der Waals surface area contributed by atoms with Crippen LogP contribution in [0.5, 0.6) is 5.75 Å². The maximum absolute atomic E-state index is 13.2. The number of benzene rings is 2. The van der Waals surface area contributed by atoms with Crippen molar-refractivity contribution in [2.45, 2.75) is 65.1 Å². The quantitative estimate of drug-likeness (QED) is 0.494. The summed E-state index contributed by atoms with van der Waals surface area (Å²) in [6, 6.07) is 10.7. The van der Waals surface area contributed by atoms with Gasteiger partial charge in [0, 0.05) is 22.1 Å². The van der Waals surface area contributed by atoms with Gasteiger partial charge in [0.1, 0.15) is 11.8 Å². The van der Waals surface area contributed by atoms with Gasteiger partial charge in [-0.3, -0.25) is 9.59 Å². The number of hydrogen-bond donors (Lipinski definition) is 1. The third-order valence-electron chi connectivity index (χ3n) is 5.94. The van der Waals surface area contributed by atoms with Crippen LogP contribution in [-0.4, -0.2) is 35.4 Å². The lowest BCUT2D eigenvalue weighted by molar-refractivity contribution is -0.142. The summed E-state index contributed by atoms with van der Waals surface area (Å²) in [5.74, 6) is 0.210. The van der Waals surface area contributed by atoms with E-state index in [1.807, 2.05) is 44.2 Å². The number of aryl methyl sites for hydroxylation is 2. The Bertz CT molecular complexity index is 952. The molecule has 0 bridgehead atoms. The minimum atomic E-state index is -0.642. The van der Waals surface area contributed by atoms with Crippen LogP contribution in [0, 0.1) is 13.8 Å². The summed E-state index contributed by atoms with van der Waals surface area (Å²) in [4.78, 5) is 27.7. The fraction of sp³-hybridized carbons (Fsp3) is 0.440. The molecule has 0 aliphatic heterocycles. The van der Waals surface area contributed by atoms with Gasteiger partial charge in [0.25, 0.3) is 5.91 Å². The van der Waals surface area contributed by atoms with Crippen LogP contribution in [0.15, 0.2) is 40.9 Å². The lowest BCUT2D eigenvalue weighted by Gasteiger charge is -2.30. The zero-order valence-corrected chi connectivity index (χ0v) is 21.1. The molecule has 1 N–H and O–H groups in total. The lowest BCUT2D eigenvalue weighted by Crippen LogP contribution is -2.50. The van der Waals surface area contributed by atoms with E-state index in [1.165, 1.54) is 0 Å². The Morgan fingerprint density at radius 3 is 2.44 bits per heavy atom. The van der Waals surface area contributed by atoms with E-state index >= 15 is 0 Å². The Morgan fingerprint density at radius 1 is 1.19 bits per heavy atom. The minimum absolute atomic E-state index is 0.146. The van der Waals surface area contributed by atoms with Crippen LogP contribution in [0.4, 0.5) is 0 Å². The Labute approximate surface area is 203 Å². The van der Waals surface area contributed by atoms with Crippen molar-refractivity contribution in [2.75, 3.05) is 6.61 Å². The molecule has 5 nitrogen and oxygen atoms in total. The van der Waals surface area contributed by atoms with Gasteiger partial charge in [0.15, 0.2) is 6.61 Å². The molecule has 2 aromatic carbocycles. The van der Waals surface area contributed by atoms with Crippen LogP contribution in [0.2, 0.25) is 5.02 Å². The van der Waals surface area contributed by atoms with Gasteiger partial charge < -0.3 is 15.0 Å². The van der Waals surface area contributed by atoms with Gasteiger partial charge in [-0.25, -0.2) is 0 Å². The Hall–Kier alpha value is -2.05. The first-order valence-electron chi connectivity index (χ1n) is 11.0. The van der Waals surface area contributed by atoms with E-state index in [9.17, 15) is 9.59 Å². The second-order valence-electron chi connectivity index (χ2n) is 8.44.